The van der Waals surface area contributed by atoms with Crippen LogP contribution in [-0.2, 0) is 14.3 Å². The summed E-state index contributed by atoms with van der Waals surface area (Å²) in [5.41, 5.74) is 0.508. The number of nitrogens with zero attached hydrogens (tertiary/aromatic N) is 1. The Bertz CT molecular complexity index is 602. The number of rotatable bonds is 7. The summed E-state index contributed by atoms with van der Waals surface area (Å²) in [6.45, 7) is 3.19. The van der Waals surface area contributed by atoms with Crippen molar-refractivity contribution in [1.29, 1.82) is 5.26 Å². The zero-order valence-electron chi connectivity index (χ0n) is 13.2. The summed E-state index contributed by atoms with van der Waals surface area (Å²) >= 11 is 0. The molecule has 2 atom stereocenters. The molecule has 1 aromatic carbocycles. The molecule has 1 aliphatic rings. The molecule has 1 fully saturated rings. The minimum atomic E-state index is -0.836. The van der Waals surface area contributed by atoms with Crippen molar-refractivity contribution in [3.8, 4) is 11.8 Å². The highest BCUT2D eigenvalue weighted by molar-refractivity contribution is 5.82. The monoisotopic (exact) mass is 316 g/mol. The summed E-state index contributed by atoms with van der Waals surface area (Å²) in [7, 11) is 0. The third-order valence-electron chi connectivity index (χ3n) is 3.69. The molecule has 0 aliphatic heterocycles. The van der Waals surface area contributed by atoms with Crippen molar-refractivity contribution in [2.75, 3.05) is 6.61 Å². The molecule has 0 heterocycles. The molecule has 1 amide bonds. The van der Waals surface area contributed by atoms with Gasteiger partial charge in [0.2, 0.25) is 0 Å². The van der Waals surface area contributed by atoms with Crippen LogP contribution in [0.3, 0.4) is 0 Å². The maximum atomic E-state index is 11.8. The van der Waals surface area contributed by atoms with Gasteiger partial charge in [-0.25, -0.2) is 4.79 Å². The number of carbonyl (C=O) groups excluding carboxylic acids is 2. The van der Waals surface area contributed by atoms with Crippen LogP contribution < -0.4 is 10.1 Å². The molecule has 1 N–H and O–H groups in total. The van der Waals surface area contributed by atoms with Crippen molar-refractivity contribution < 1.29 is 19.1 Å². The van der Waals surface area contributed by atoms with E-state index < -0.39 is 12.1 Å². The van der Waals surface area contributed by atoms with E-state index in [1.807, 2.05) is 13.0 Å². The number of benzene rings is 1. The van der Waals surface area contributed by atoms with Crippen LogP contribution >= 0.6 is 0 Å². The largest absolute Gasteiger partial charge is 0.479 e. The lowest BCUT2D eigenvalue weighted by molar-refractivity contribution is -0.154. The first-order chi connectivity index (χ1) is 11.0. The van der Waals surface area contributed by atoms with Crippen LogP contribution in [0.4, 0.5) is 0 Å². The van der Waals surface area contributed by atoms with Gasteiger partial charge in [0.15, 0.2) is 12.7 Å². The van der Waals surface area contributed by atoms with Gasteiger partial charge in [-0.1, -0.05) is 0 Å². The van der Waals surface area contributed by atoms with Crippen LogP contribution in [0.25, 0.3) is 0 Å². The van der Waals surface area contributed by atoms with Gasteiger partial charge in [0, 0.05) is 6.04 Å². The average Bonchev–Trinajstić information content (AvgIpc) is 3.38. The van der Waals surface area contributed by atoms with Crippen molar-refractivity contribution in [2.24, 2.45) is 5.92 Å². The van der Waals surface area contributed by atoms with Gasteiger partial charge in [-0.05, 0) is 56.9 Å². The lowest BCUT2D eigenvalue weighted by atomic mass is 10.2. The van der Waals surface area contributed by atoms with Gasteiger partial charge in [0.1, 0.15) is 5.75 Å². The van der Waals surface area contributed by atoms with Gasteiger partial charge in [-0.3, -0.25) is 4.79 Å². The number of amides is 1. The Morgan fingerprint density at radius 1 is 1.30 bits per heavy atom. The first-order valence-corrected chi connectivity index (χ1v) is 7.62. The van der Waals surface area contributed by atoms with E-state index in [9.17, 15) is 9.59 Å². The number of hydrogen-bond acceptors (Lipinski definition) is 5. The highest BCUT2D eigenvalue weighted by Gasteiger charge is 2.29. The summed E-state index contributed by atoms with van der Waals surface area (Å²) in [6.07, 6.45) is 1.43. The standard InChI is InChI=1S/C17H20N2O4/c1-11(14-5-6-14)19-16(20)10-22-17(21)12(2)23-15-7-3-13(9-18)4-8-15/h3-4,7-8,11-12,14H,5-6,10H2,1-2H3,(H,19,20)/t11-,12-/m1/s1. The van der Waals surface area contributed by atoms with Gasteiger partial charge in [0.05, 0.1) is 11.6 Å². The average molecular weight is 316 g/mol. The molecule has 0 radical (unpaired) electrons. The van der Waals surface area contributed by atoms with E-state index in [0.29, 0.717) is 17.2 Å². The fourth-order valence-corrected chi connectivity index (χ4v) is 2.12. The molecule has 23 heavy (non-hydrogen) atoms. The lowest BCUT2D eigenvalue weighted by Gasteiger charge is -2.15. The zero-order chi connectivity index (χ0) is 16.8. The minimum Gasteiger partial charge on any atom is -0.479 e. The van der Waals surface area contributed by atoms with Crippen LogP contribution in [0.5, 0.6) is 5.75 Å². The number of carbonyl (C=O) groups is 2. The molecule has 1 saturated carbocycles. The summed E-state index contributed by atoms with van der Waals surface area (Å²) in [5, 5.41) is 11.5. The van der Waals surface area contributed by atoms with E-state index in [2.05, 4.69) is 5.32 Å². The Labute approximate surface area is 135 Å². The molecule has 0 bridgehead atoms. The predicted molar refractivity (Wildman–Crippen MR) is 82.5 cm³/mol. The van der Waals surface area contributed by atoms with Crippen LogP contribution in [0, 0.1) is 17.2 Å². The van der Waals surface area contributed by atoms with E-state index in [-0.39, 0.29) is 18.6 Å². The van der Waals surface area contributed by atoms with Crippen molar-refractivity contribution >= 4 is 11.9 Å². The summed E-state index contributed by atoms with van der Waals surface area (Å²) in [4.78, 5) is 23.5. The molecular weight excluding hydrogens is 296 g/mol. The molecule has 6 nitrogen and oxygen atoms in total. The van der Waals surface area contributed by atoms with Crippen molar-refractivity contribution in [3.05, 3.63) is 29.8 Å². The van der Waals surface area contributed by atoms with Crippen LogP contribution in [0.15, 0.2) is 24.3 Å². The summed E-state index contributed by atoms with van der Waals surface area (Å²) in [5.74, 6) is 0.0976. The Balaban J connectivity index is 1.73. The fourth-order valence-electron chi connectivity index (χ4n) is 2.12. The normalized spacial score (nSPS) is 15.9. The molecule has 1 aliphatic carbocycles. The maximum Gasteiger partial charge on any atom is 0.347 e. The molecule has 2 rings (SSSR count). The fraction of sp³-hybridized carbons (Fsp3) is 0.471. The maximum absolute atomic E-state index is 11.8. The molecule has 6 heteroatoms. The highest BCUT2D eigenvalue weighted by Crippen LogP contribution is 2.32. The van der Waals surface area contributed by atoms with E-state index in [4.69, 9.17) is 14.7 Å². The Hall–Kier alpha value is -2.55. The van der Waals surface area contributed by atoms with Crippen molar-refractivity contribution in [1.82, 2.24) is 5.32 Å². The zero-order valence-corrected chi connectivity index (χ0v) is 13.2. The molecule has 0 unspecified atom stereocenters. The van der Waals surface area contributed by atoms with Crippen molar-refractivity contribution in [2.45, 2.75) is 38.8 Å². The Morgan fingerprint density at radius 2 is 1.96 bits per heavy atom. The third-order valence-corrected chi connectivity index (χ3v) is 3.69. The van der Waals surface area contributed by atoms with Crippen LogP contribution in [-0.4, -0.2) is 30.6 Å². The highest BCUT2D eigenvalue weighted by atomic mass is 16.6. The first-order valence-electron chi connectivity index (χ1n) is 7.62. The van der Waals surface area contributed by atoms with E-state index in [0.717, 1.165) is 12.8 Å². The quantitative estimate of drug-likeness (QED) is 0.775. The van der Waals surface area contributed by atoms with Gasteiger partial charge in [-0.2, -0.15) is 5.26 Å². The van der Waals surface area contributed by atoms with Gasteiger partial charge < -0.3 is 14.8 Å². The summed E-state index contributed by atoms with van der Waals surface area (Å²) in [6, 6.07) is 8.52. The number of hydrogen-bond donors (Lipinski definition) is 1. The molecule has 1 aromatic rings. The number of nitriles is 1. The molecular formula is C17H20N2O4. The predicted octanol–water partition coefficient (Wildman–Crippen LogP) is 1.78. The molecule has 122 valence electrons. The minimum absolute atomic E-state index is 0.119. The molecule has 0 spiro atoms. The van der Waals surface area contributed by atoms with Gasteiger partial charge >= 0.3 is 5.97 Å². The second-order valence-electron chi connectivity index (χ2n) is 5.70. The second kappa shape index (κ2) is 7.63. The molecule has 0 saturated heterocycles. The second-order valence-corrected chi connectivity index (χ2v) is 5.70. The van der Waals surface area contributed by atoms with E-state index in [1.54, 1.807) is 31.2 Å². The lowest BCUT2D eigenvalue weighted by Crippen LogP contribution is -2.38. The Morgan fingerprint density at radius 3 is 2.52 bits per heavy atom. The Kier molecular flexibility index (Phi) is 5.58. The topological polar surface area (TPSA) is 88.4 Å². The number of nitrogens with one attached hydrogen (secondary N) is 1. The van der Waals surface area contributed by atoms with E-state index in [1.165, 1.54) is 0 Å². The number of esters is 1. The number of ether oxygens (including phenoxy) is 2. The van der Waals surface area contributed by atoms with Crippen molar-refractivity contribution in [3.63, 3.8) is 0 Å². The summed E-state index contributed by atoms with van der Waals surface area (Å²) < 4.78 is 10.4. The third kappa shape index (κ3) is 5.29. The smallest absolute Gasteiger partial charge is 0.347 e. The SMILES string of the molecule is C[C@@H](Oc1ccc(C#N)cc1)C(=O)OCC(=O)N[C@H](C)C1CC1. The molecule has 0 aromatic heterocycles. The van der Waals surface area contributed by atoms with Crippen LogP contribution in [0.1, 0.15) is 32.3 Å². The van der Waals surface area contributed by atoms with Gasteiger partial charge in [-0.15, -0.1) is 0 Å². The van der Waals surface area contributed by atoms with Crippen LogP contribution in [0.2, 0.25) is 0 Å². The van der Waals surface area contributed by atoms with E-state index >= 15 is 0 Å². The van der Waals surface area contributed by atoms with Gasteiger partial charge in [0.25, 0.3) is 5.91 Å². The first kappa shape index (κ1) is 16.8.